The molecule has 1 aromatic carbocycles. The van der Waals surface area contributed by atoms with Crippen LogP contribution in [0.1, 0.15) is 31.2 Å². The molecule has 0 saturated heterocycles. The molecule has 1 fully saturated rings. The average Bonchev–Trinajstić information content (AvgIpc) is 2.48. The van der Waals surface area contributed by atoms with Crippen LogP contribution in [0.2, 0.25) is 0 Å². The zero-order chi connectivity index (χ0) is 14.4. The van der Waals surface area contributed by atoms with Crippen molar-refractivity contribution >= 4 is 5.69 Å². The molecular weight excluding hydrogens is 256 g/mol. The van der Waals surface area contributed by atoms with Gasteiger partial charge in [-0.2, -0.15) is 0 Å². The summed E-state index contributed by atoms with van der Waals surface area (Å²) in [4.78, 5) is 10.6. The van der Waals surface area contributed by atoms with E-state index in [1.165, 1.54) is 12.8 Å². The number of benzene rings is 1. The Morgan fingerprint density at radius 2 is 2.05 bits per heavy atom. The minimum absolute atomic E-state index is 0.191. The van der Waals surface area contributed by atoms with Crippen LogP contribution in [0.25, 0.3) is 0 Å². The fraction of sp³-hybridized carbons (Fsp3) is 0.600. The van der Waals surface area contributed by atoms with Crippen molar-refractivity contribution in [1.82, 2.24) is 5.32 Å². The Balaban J connectivity index is 1.88. The minimum atomic E-state index is -0.327. The summed E-state index contributed by atoms with van der Waals surface area (Å²) in [5.74, 6) is 0.328. The molecule has 2 unspecified atom stereocenters. The first-order valence-corrected chi connectivity index (χ1v) is 7.29. The van der Waals surface area contributed by atoms with Crippen molar-refractivity contribution < 1.29 is 10.0 Å². The largest absolute Gasteiger partial charge is 0.396 e. The van der Waals surface area contributed by atoms with Crippen LogP contribution in [0.4, 0.5) is 5.69 Å². The van der Waals surface area contributed by atoms with Crippen molar-refractivity contribution in [3.8, 4) is 0 Å². The van der Waals surface area contributed by atoms with Crippen LogP contribution in [0.5, 0.6) is 0 Å². The lowest BCUT2D eigenvalue weighted by Gasteiger charge is -2.31. The van der Waals surface area contributed by atoms with Crippen LogP contribution in [-0.4, -0.2) is 29.2 Å². The first kappa shape index (κ1) is 14.9. The van der Waals surface area contributed by atoms with Gasteiger partial charge in [0.15, 0.2) is 0 Å². The number of hydrogen-bond donors (Lipinski definition) is 2. The van der Waals surface area contributed by atoms with Crippen molar-refractivity contribution in [2.24, 2.45) is 5.92 Å². The van der Waals surface area contributed by atoms with Crippen LogP contribution in [0.3, 0.4) is 0 Å². The molecule has 2 N–H and O–H groups in total. The lowest BCUT2D eigenvalue weighted by molar-refractivity contribution is -0.385. The van der Waals surface area contributed by atoms with Crippen LogP contribution < -0.4 is 5.32 Å². The highest BCUT2D eigenvalue weighted by atomic mass is 16.6. The average molecular weight is 278 g/mol. The topological polar surface area (TPSA) is 75.4 Å². The number of aliphatic hydroxyl groups is 1. The lowest BCUT2D eigenvalue weighted by Crippen LogP contribution is -2.41. The van der Waals surface area contributed by atoms with Crippen LogP contribution in [0, 0.1) is 16.0 Å². The van der Waals surface area contributed by atoms with E-state index in [1.54, 1.807) is 12.1 Å². The van der Waals surface area contributed by atoms with Gasteiger partial charge in [0.1, 0.15) is 0 Å². The molecule has 1 aliphatic carbocycles. The molecule has 0 heterocycles. The summed E-state index contributed by atoms with van der Waals surface area (Å²) >= 11 is 0. The van der Waals surface area contributed by atoms with Gasteiger partial charge in [0.2, 0.25) is 0 Å². The second kappa shape index (κ2) is 7.36. The molecule has 2 atom stereocenters. The molecule has 5 heteroatoms. The molecule has 0 radical (unpaired) electrons. The van der Waals surface area contributed by atoms with Crippen LogP contribution in [-0.2, 0) is 6.42 Å². The number of hydrogen-bond acceptors (Lipinski definition) is 4. The van der Waals surface area contributed by atoms with Gasteiger partial charge in [0.25, 0.3) is 5.69 Å². The molecule has 1 aromatic rings. The van der Waals surface area contributed by atoms with Crippen LogP contribution in [0.15, 0.2) is 24.3 Å². The van der Waals surface area contributed by atoms with E-state index in [2.05, 4.69) is 5.32 Å². The van der Waals surface area contributed by atoms with E-state index in [4.69, 9.17) is 0 Å². The van der Waals surface area contributed by atoms with Gasteiger partial charge in [-0.25, -0.2) is 0 Å². The first-order valence-electron chi connectivity index (χ1n) is 7.29. The zero-order valence-corrected chi connectivity index (χ0v) is 11.6. The predicted octanol–water partition coefficient (Wildman–Crippen LogP) is 2.28. The van der Waals surface area contributed by atoms with Gasteiger partial charge in [0.05, 0.1) is 4.92 Å². The van der Waals surface area contributed by atoms with Gasteiger partial charge in [0, 0.05) is 24.3 Å². The molecule has 0 spiro atoms. The maximum atomic E-state index is 10.9. The molecule has 20 heavy (non-hydrogen) atoms. The number of nitrogens with zero attached hydrogens (tertiary/aromatic N) is 1. The molecular formula is C15H22N2O3. The third kappa shape index (κ3) is 3.77. The fourth-order valence-corrected chi connectivity index (χ4v) is 2.99. The lowest BCUT2D eigenvalue weighted by atomic mass is 9.85. The number of aliphatic hydroxyl groups excluding tert-OH is 1. The molecule has 1 saturated carbocycles. The number of nitrogens with one attached hydrogen (secondary N) is 1. The van der Waals surface area contributed by atoms with E-state index >= 15 is 0 Å². The molecule has 110 valence electrons. The van der Waals surface area contributed by atoms with Gasteiger partial charge < -0.3 is 10.4 Å². The van der Waals surface area contributed by atoms with Crippen molar-refractivity contribution in [3.63, 3.8) is 0 Å². The molecule has 1 aliphatic rings. The predicted molar refractivity (Wildman–Crippen MR) is 77.6 cm³/mol. The Morgan fingerprint density at radius 1 is 1.30 bits per heavy atom. The minimum Gasteiger partial charge on any atom is -0.396 e. The Morgan fingerprint density at radius 3 is 2.80 bits per heavy atom. The molecule has 0 bridgehead atoms. The second-order valence-electron chi connectivity index (χ2n) is 5.42. The SMILES string of the molecule is O=[N+]([O-])c1ccccc1CCNC1CCCCC1CO. The normalized spacial score (nSPS) is 22.6. The van der Waals surface area contributed by atoms with Gasteiger partial charge in [-0.05, 0) is 31.7 Å². The van der Waals surface area contributed by atoms with E-state index in [0.29, 0.717) is 24.9 Å². The third-order valence-electron chi connectivity index (χ3n) is 4.13. The highest BCUT2D eigenvalue weighted by Crippen LogP contribution is 2.24. The van der Waals surface area contributed by atoms with Crippen molar-refractivity contribution in [1.29, 1.82) is 0 Å². The van der Waals surface area contributed by atoms with Crippen molar-refractivity contribution in [3.05, 3.63) is 39.9 Å². The maximum Gasteiger partial charge on any atom is 0.272 e. The molecule has 2 rings (SSSR count). The summed E-state index contributed by atoms with van der Waals surface area (Å²) in [7, 11) is 0. The monoisotopic (exact) mass is 278 g/mol. The summed E-state index contributed by atoms with van der Waals surface area (Å²) in [5.41, 5.74) is 0.956. The number of para-hydroxylation sites is 1. The van der Waals surface area contributed by atoms with E-state index in [9.17, 15) is 15.2 Å². The number of nitro benzene ring substituents is 1. The van der Waals surface area contributed by atoms with Crippen molar-refractivity contribution in [2.45, 2.75) is 38.1 Å². The highest BCUT2D eigenvalue weighted by molar-refractivity contribution is 5.39. The smallest absolute Gasteiger partial charge is 0.272 e. The summed E-state index contributed by atoms with van der Waals surface area (Å²) in [6.07, 6.45) is 5.18. The van der Waals surface area contributed by atoms with Crippen molar-refractivity contribution in [2.75, 3.05) is 13.2 Å². The number of nitro groups is 1. The molecule has 5 nitrogen and oxygen atoms in total. The number of rotatable bonds is 6. The standard InChI is InChI=1S/C15H22N2O3/c18-11-13-6-1-3-7-14(13)16-10-9-12-5-2-4-8-15(12)17(19)20/h2,4-5,8,13-14,16,18H,1,3,6-7,9-11H2. The quantitative estimate of drug-likeness (QED) is 0.618. The highest BCUT2D eigenvalue weighted by Gasteiger charge is 2.23. The Labute approximate surface area is 119 Å². The summed E-state index contributed by atoms with van der Waals surface area (Å²) in [5, 5.41) is 23.8. The summed E-state index contributed by atoms with van der Waals surface area (Å²) in [6.45, 7) is 0.940. The Kier molecular flexibility index (Phi) is 5.49. The van der Waals surface area contributed by atoms with Gasteiger partial charge in [-0.15, -0.1) is 0 Å². The van der Waals surface area contributed by atoms with E-state index in [0.717, 1.165) is 18.4 Å². The van der Waals surface area contributed by atoms with E-state index in [-0.39, 0.29) is 17.2 Å². The Hall–Kier alpha value is -1.46. The molecule has 0 aliphatic heterocycles. The molecule has 0 aromatic heterocycles. The summed E-state index contributed by atoms with van der Waals surface area (Å²) < 4.78 is 0. The summed E-state index contributed by atoms with van der Waals surface area (Å²) in [6, 6.07) is 7.23. The van der Waals surface area contributed by atoms with Gasteiger partial charge in [-0.1, -0.05) is 31.0 Å². The fourth-order valence-electron chi connectivity index (χ4n) is 2.99. The third-order valence-corrected chi connectivity index (χ3v) is 4.13. The van der Waals surface area contributed by atoms with Gasteiger partial charge >= 0.3 is 0 Å². The van der Waals surface area contributed by atoms with E-state index < -0.39 is 0 Å². The van der Waals surface area contributed by atoms with Crippen LogP contribution >= 0.6 is 0 Å². The zero-order valence-electron chi connectivity index (χ0n) is 11.6. The molecule has 0 amide bonds. The maximum absolute atomic E-state index is 10.9. The first-order chi connectivity index (χ1) is 9.72. The Bertz CT molecular complexity index is 450. The van der Waals surface area contributed by atoms with E-state index in [1.807, 2.05) is 12.1 Å². The second-order valence-corrected chi connectivity index (χ2v) is 5.42. The van der Waals surface area contributed by atoms with Gasteiger partial charge in [-0.3, -0.25) is 10.1 Å².